The third kappa shape index (κ3) is 2.60. The van der Waals surface area contributed by atoms with E-state index in [2.05, 4.69) is 38.9 Å². The van der Waals surface area contributed by atoms with Crippen LogP contribution in [0.3, 0.4) is 0 Å². The first kappa shape index (κ1) is 15.6. The maximum Gasteiger partial charge on any atom is 0.125 e. The lowest BCUT2D eigenvalue weighted by Crippen LogP contribution is -2.20. The number of aliphatic hydroxyl groups is 1. The molecule has 2 N–H and O–H groups in total. The van der Waals surface area contributed by atoms with Crippen molar-refractivity contribution in [3.63, 3.8) is 0 Å². The number of nitrogens with one attached hydrogen (secondary N) is 1. The van der Waals surface area contributed by atoms with E-state index in [4.69, 9.17) is 0 Å². The van der Waals surface area contributed by atoms with Crippen molar-refractivity contribution in [2.24, 2.45) is 0 Å². The van der Waals surface area contributed by atoms with E-state index < -0.39 is 5.60 Å². The molecule has 0 saturated heterocycles. The second kappa shape index (κ2) is 5.96. The molecule has 26 heavy (non-hydrogen) atoms. The van der Waals surface area contributed by atoms with Gasteiger partial charge in [-0.1, -0.05) is 11.8 Å². The lowest BCUT2D eigenvalue weighted by atomic mass is 10.0. The summed E-state index contributed by atoms with van der Waals surface area (Å²) in [5.74, 6) is 6.32. The lowest BCUT2D eigenvalue weighted by Gasteiger charge is -2.12. The summed E-state index contributed by atoms with van der Waals surface area (Å²) in [7, 11) is 0. The normalized spacial score (nSPS) is 17.9. The lowest BCUT2D eigenvalue weighted by molar-refractivity contribution is 0.110. The highest BCUT2D eigenvalue weighted by Gasteiger charge is 2.28. The second-order valence-electron chi connectivity index (χ2n) is 7.48. The van der Waals surface area contributed by atoms with Crippen LogP contribution in [0.4, 0.5) is 0 Å². The van der Waals surface area contributed by atoms with E-state index >= 15 is 0 Å². The quantitative estimate of drug-likeness (QED) is 0.611. The van der Waals surface area contributed by atoms with Gasteiger partial charge in [0.05, 0.1) is 5.69 Å². The molecule has 0 aliphatic heterocycles. The Hall–Kier alpha value is -2.64. The van der Waals surface area contributed by atoms with E-state index in [-0.39, 0.29) is 0 Å². The number of nitrogens with zero attached hydrogens (tertiary/aromatic N) is 2. The predicted octanol–water partition coefficient (Wildman–Crippen LogP) is 3.77. The maximum atomic E-state index is 10.5. The Morgan fingerprint density at radius 1 is 1.12 bits per heavy atom. The van der Waals surface area contributed by atoms with Gasteiger partial charge in [-0.3, -0.25) is 0 Å². The predicted molar refractivity (Wildman–Crippen MR) is 102 cm³/mol. The van der Waals surface area contributed by atoms with Crippen LogP contribution in [0.5, 0.6) is 0 Å². The molecule has 2 aliphatic rings. The number of H-pyrrole nitrogens is 1. The fourth-order valence-corrected chi connectivity index (χ4v) is 4.28. The summed E-state index contributed by atoms with van der Waals surface area (Å²) in [6.45, 7) is 0. The van der Waals surface area contributed by atoms with Crippen LogP contribution in [0.25, 0.3) is 22.2 Å². The molecule has 1 aromatic carbocycles. The van der Waals surface area contributed by atoms with Crippen molar-refractivity contribution < 1.29 is 5.11 Å². The molecule has 4 heteroatoms. The van der Waals surface area contributed by atoms with Crippen LogP contribution >= 0.6 is 0 Å². The number of benzene rings is 1. The summed E-state index contributed by atoms with van der Waals surface area (Å²) >= 11 is 0. The van der Waals surface area contributed by atoms with Gasteiger partial charge in [0.15, 0.2) is 0 Å². The second-order valence-corrected chi connectivity index (χ2v) is 7.48. The fourth-order valence-electron chi connectivity index (χ4n) is 4.28. The van der Waals surface area contributed by atoms with Crippen molar-refractivity contribution in [3.8, 4) is 23.1 Å². The average Bonchev–Trinajstić information content (AvgIpc) is 3.19. The maximum absolute atomic E-state index is 10.5. The zero-order chi connectivity index (χ0) is 17.6. The Kier molecular flexibility index (Phi) is 3.58. The number of aromatic amines is 1. The minimum atomic E-state index is -0.802. The minimum absolute atomic E-state index is 0.784. The number of rotatable bonds is 0. The van der Waals surface area contributed by atoms with Crippen LogP contribution in [0, 0.1) is 11.8 Å². The first-order chi connectivity index (χ1) is 12.7. The smallest absolute Gasteiger partial charge is 0.125 e. The molecule has 4 nitrogen and oxygen atoms in total. The van der Waals surface area contributed by atoms with E-state index in [1.165, 1.54) is 16.8 Å². The molecule has 3 aromatic rings. The summed E-state index contributed by atoms with van der Waals surface area (Å²) in [6, 6.07) is 6.26. The van der Waals surface area contributed by atoms with Crippen LogP contribution in [-0.2, 0) is 12.8 Å². The van der Waals surface area contributed by atoms with Crippen LogP contribution in [0.1, 0.15) is 48.9 Å². The van der Waals surface area contributed by atoms with Gasteiger partial charge in [0, 0.05) is 33.9 Å². The van der Waals surface area contributed by atoms with Crippen molar-refractivity contribution in [2.45, 2.75) is 50.5 Å². The molecular formula is C22H21N3O. The van der Waals surface area contributed by atoms with Gasteiger partial charge in [-0.15, -0.1) is 0 Å². The molecular weight excluding hydrogens is 322 g/mol. The van der Waals surface area contributed by atoms with Crippen molar-refractivity contribution in [1.82, 2.24) is 15.0 Å². The molecule has 2 aromatic heterocycles. The topological polar surface area (TPSA) is 61.8 Å². The van der Waals surface area contributed by atoms with E-state index in [1.54, 1.807) is 6.33 Å². The molecule has 2 aliphatic carbocycles. The SMILES string of the molecule is OC1(C#Cc2ccc3[nH]c4c(c3c2)-c2ncncc2CCC4)CCCC1. The zero-order valence-electron chi connectivity index (χ0n) is 14.7. The average molecular weight is 343 g/mol. The number of hydrogen-bond donors (Lipinski definition) is 2. The van der Waals surface area contributed by atoms with Gasteiger partial charge < -0.3 is 10.1 Å². The van der Waals surface area contributed by atoms with Gasteiger partial charge >= 0.3 is 0 Å². The molecule has 0 spiro atoms. The summed E-state index contributed by atoms with van der Waals surface area (Å²) in [4.78, 5) is 12.4. The van der Waals surface area contributed by atoms with Crippen molar-refractivity contribution in [1.29, 1.82) is 0 Å². The van der Waals surface area contributed by atoms with Gasteiger partial charge in [-0.2, -0.15) is 0 Å². The van der Waals surface area contributed by atoms with Gasteiger partial charge in [0.1, 0.15) is 11.9 Å². The van der Waals surface area contributed by atoms with E-state index in [0.29, 0.717) is 0 Å². The van der Waals surface area contributed by atoms with Gasteiger partial charge in [0.25, 0.3) is 0 Å². The molecule has 1 fully saturated rings. The van der Waals surface area contributed by atoms with E-state index in [0.717, 1.165) is 67.1 Å². The Balaban J connectivity index is 1.64. The number of fused-ring (bicyclic) bond motifs is 5. The molecule has 0 unspecified atom stereocenters. The molecule has 2 heterocycles. The summed E-state index contributed by atoms with van der Waals surface area (Å²) < 4.78 is 0. The summed E-state index contributed by atoms with van der Waals surface area (Å²) in [6.07, 6.45) is 10.4. The van der Waals surface area contributed by atoms with Crippen LogP contribution in [0.2, 0.25) is 0 Å². The molecule has 0 radical (unpaired) electrons. The fraction of sp³-hybridized carbons (Fsp3) is 0.364. The van der Waals surface area contributed by atoms with Crippen LogP contribution in [-0.4, -0.2) is 25.7 Å². The highest BCUT2D eigenvalue weighted by atomic mass is 16.3. The Morgan fingerprint density at radius 2 is 2.00 bits per heavy atom. The Labute approximate surface area is 152 Å². The van der Waals surface area contributed by atoms with Gasteiger partial charge in [-0.25, -0.2) is 9.97 Å². The van der Waals surface area contributed by atoms with Gasteiger partial charge in [0.2, 0.25) is 0 Å². The third-order valence-electron chi connectivity index (χ3n) is 5.64. The number of aryl methyl sites for hydroxylation is 2. The zero-order valence-corrected chi connectivity index (χ0v) is 14.7. The summed E-state index contributed by atoms with van der Waals surface area (Å²) in [5, 5.41) is 11.6. The first-order valence-electron chi connectivity index (χ1n) is 9.41. The Bertz CT molecular complexity index is 1050. The Morgan fingerprint density at radius 3 is 2.88 bits per heavy atom. The standard InChI is InChI=1S/C22H21N3O/c26-22(9-1-2-10-22)11-8-15-6-7-18-17(12-15)20-19(25-18)5-3-4-16-13-23-14-24-21(16)20/h6-7,12-14,25-26H,1-5,9-10H2. The highest BCUT2D eigenvalue weighted by Crippen LogP contribution is 2.37. The van der Waals surface area contributed by atoms with Crippen LogP contribution < -0.4 is 0 Å². The largest absolute Gasteiger partial charge is 0.378 e. The van der Waals surface area contributed by atoms with Crippen molar-refractivity contribution in [2.75, 3.05) is 0 Å². The number of aromatic nitrogens is 3. The van der Waals surface area contributed by atoms with Crippen molar-refractivity contribution in [3.05, 3.63) is 47.5 Å². The van der Waals surface area contributed by atoms with Crippen molar-refractivity contribution >= 4 is 10.9 Å². The van der Waals surface area contributed by atoms with Gasteiger partial charge in [-0.05, 0) is 68.7 Å². The summed E-state index contributed by atoms with van der Waals surface area (Å²) in [5.41, 5.74) is 5.95. The molecule has 0 atom stereocenters. The molecule has 1 saturated carbocycles. The molecule has 130 valence electrons. The molecule has 0 bridgehead atoms. The number of hydrogen-bond acceptors (Lipinski definition) is 3. The molecule has 5 rings (SSSR count). The first-order valence-corrected chi connectivity index (χ1v) is 9.41. The van der Waals surface area contributed by atoms with E-state index in [1.807, 2.05) is 12.3 Å². The highest BCUT2D eigenvalue weighted by molar-refractivity contribution is 5.98. The van der Waals surface area contributed by atoms with Crippen LogP contribution in [0.15, 0.2) is 30.7 Å². The minimum Gasteiger partial charge on any atom is -0.378 e. The molecule has 0 amide bonds. The third-order valence-corrected chi connectivity index (χ3v) is 5.64. The van der Waals surface area contributed by atoms with E-state index in [9.17, 15) is 5.11 Å². The monoisotopic (exact) mass is 343 g/mol.